The van der Waals surface area contributed by atoms with Crippen LogP contribution in [0.25, 0.3) is 4.96 Å². The number of hydrogen-bond acceptors (Lipinski definition) is 8. The molecule has 2 aromatic carbocycles. The van der Waals surface area contributed by atoms with Crippen LogP contribution in [0, 0.1) is 6.92 Å². The molecule has 10 heteroatoms. The number of anilines is 1. The predicted molar refractivity (Wildman–Crippen MR) is 132 cm³/mol. The summed E-state index contributed by atoms with van der Waals surface area (Å²) in [5.41, 5.74) is 1.88. The highest BCUT2D eigenvalue weighted by Gasteiger charge is 2.14. The zero-order valence-electron chi connectivity index (χ0n) is 19.5. The van der Waals surface area contributed by atoms with E-state index in [0.29, 0.717) is 27.7 Å². The molecule has 0 aliphatic carbocycles. The van der Waals surface area contributed by atoms with Crippen molar-refractivity contribution in [2.24, 2.45) is 0 Å². The number of nitrogens with one attached hydrogen (secondary N) is 1. The fourth-order valence-corrected chi connectivity index (χ4v) is 4.07. The number of carbonyl (C=O) groups excluding carboxylic acids is 2. The lowest BCUT2D eigenvalue weighted by Gasteiger charge is -2.09. The molecule has 9 nitrogen and oxygen atoms in total. The van der Waals surface area contributed by atoms with Crippen LogP contribution >= 0.6 is 11.3 Å². The van der Waals surface area contributed by atoms with Gasteiger partial charge in [0.25, 0.3) is 11.5 Å². The number of rotatable bonds is 8. The average molecular weight is 493 g/mol. The summed E-state index contributed by atoms with van der Waals surface area (Å²) in [5.74, 6) is -0.0980. The molecule has 0 spiro atoms. The molecule has 1 N–H and O–H groups in total. The highest BCUT2D eigenvalue weighted by Crippen LogP contribution is 2.20. The molecule has 180 valence electrons. The van der Waals surface area contributed by atoms with E-state index in [-0.39, 0.29) is 30.6 Å². The van der Waals surface area contributed by atoms with Gasteiger partial charge in [0.05, 0.1) is 11.3 Å². The smallest absolute Gasteiger partial charge is 0.338 e. The molecule has 4 rings (SSSR count). The molecule has 0 fully saturated rings. The highest BCUT2D eigenvalue weighted by atomic mass is 32.1. The van der Waals surface area contributed by atoms with Gasteiger partial charge in [-0.1, -0.05) is 37.3 Å². The number of amides is 1. The minimum Gasteiger partial charge on any atom is -0.484 e. The van der Waals surface area contributed by atoms with E-state index >= 15 is 0 Å². The molecule has 2 heterocycles. The van der Waals surface area contributed by atoms with Crippen LogP contribution in [0.15, 0.2) is 59.4 Å². The van der Waals surface area contributed by atoms with Crippen molar-refractivity contribution in [1.82, 2.24) is 14.6 Å². The number of carbonyl (C=O) groups is 2. The van der Waals surface area contributed by atoms with E-state index in [4.69, 9.17) is 9.47 Å². The van der Waals surface area contributed by atoms with Gasteiger partial charge in [-0.05, 0) is 48.9 Å². The second-order valence-corrected chi connectivity index (χ2v) is 9.17. The number of aryl methyl sites for hydroxylation is 1. The van der Waals surface area contributed by atoms with Crippen molar-refractivity contribution >= 4 is 33.9 Å². The minimum absolute atomic E-state index is 0.136. The summed E-state index contributed by atoms with van der Waals surface area (Å²) < 4.78 is 12.1. The third-order valence-electron chi connectivity index (χ3n) is 4.92. The monoisotopic (exact) mass is 492 g/mol. The number of nitrogens with zero attached hydrogens (tertiary/aromatic N) is 3. The van der Waals surface area contributed by atoms with E-state index in [1.165, 1.54) is 21.9 Å². The molecule has 0 aliphatic heterocycles. The Balaban J connectivity index is 1.31. The van der Waals surface area contributed by atoms with Crippen molar-refractivity contribution in [3.8, 4) is 5.75 Å². The van der Waals surface area contributed by atoms with Crippen molar-refractivity contribution in [1.29, 1.82) is 0 Å². The van der Waals surface area contributed by atoms with E-state index in [0.717, 1.165) is 10.6 Å². The first-order valence-electron chi connectivity index (χ1n) is 10.9. The van der Waals surface area contributed by atoms with E-state index in [1.54, 1.807) is 30.3 Å². The van der Waals surface area contributed by atoms with Crippen LogP contribution in [0.4, 0.5) is 5.69 Å². The molecule has 4 aromatic rings. The van der Waals surface area contributed by atoms with Crippen LogP contribution in [0.5, 0.6) is 5.75 Å². The summed E-state index contributed by atoms with van der Waals surface area (Å²) in [6, 6.07) is 15.0. The molecular weight excluding hydrogens is 468 g/mol. The van der Waals surface area contributed by atoms with Crippen LogP contribution in [0.2, 0.25) is 0 Å². The van der Waals surface area contributed by atoms with Gasteiger partial charge >= 0.3 is 5.97 Å². The van der Waals surface area contributed by atoms with Crippen molar-refractivity contribution < 1.29 is 19.1 Å². The molecule has 0 radical (unpaired) electrons. The predicted octanol–water partition coefficient (Wildman–Crippen LogP) is 3.96. The van der Waals surface area contributed by atoms with Crippen LogP contribution in [-0.4, -0.2) is 33.1 Å². The average Bonchev–Trinajstić information content (AvgIpc) is 3.27. The molecule has 0 atom stereocenters. The zero-order valence-corrected chi connectivity index (χ0v) is 20.3. The molecule has 35 heavy (non-hydrogen) atoms. The van der Waals surface area contributed by atoms with Gasteiger partial charge in [-0.15, -0.1) is 0 Å². The molecule has 0 unspecified atom stereocenters. The number of ether oxygens (including phenoxy) is 2. The van der Waals surface area contributed by atoms with E-state index in [9.17, 15) is 14.4 Å². The van der Waals surface area contributed by atoms with Gasteiger partial charge in [-0.25, -0.2) is 9.78 Å². The second kappa shape index (κ2) is 10.5. The first-order valence-corrected chi connectivity index (χ1v) is 11.8. The summed E-state index contributed by atoms with van der Waals surface area (Å²) in [7, 11) is 0. The summed E-state index contributed by atoms with van der Waals surface area (Å²) >= 11 is 1.33. The third kappa shape index (κ3) is 6.10. The quantitative estimate of drug-likeness (QED) is 0.371. The lowest BCUT2D eigenvalue weighted by Crippen LogP contribution is -2.20. The van der Waals surface area contributed by atoms with Crippen molar-refractivity contribution in [2.75, 3.05) is 11.9 Å². The molecular formula is C25H24N4O5S. The number of esters is 1. The van der Waals surface area contributed by atoms with Gasteiger partial charge < -0.3 is 14.8 Å². The van der Waals surface area contributed by atoms with Crippen LogP contribution in [-0.2, 0) is 16.1 Å². The van der Waals surface area contributed by atoms with Crippen LogP contribution in [0.3, 0.4) is 0 Å². The molecule has 0 saturated carbocycles. The summed E-state index contributed by atoms with van der Waals surface area (Å²) in [6.45, 7) is 5.64. The normalized spacial score (nSPS) is 11.0. The van der Waals surface area contributed by atoms with Gasteiger partial charge in [-0.2, -0.15) is 9.61 Å². The maximum atomic E-state index is 12.4. The fraction of sp³-hybridized carbons (Fsp3) is 0.240. The zero-order chi connectivity index (χ0) is 24.9. The van der Waals surface area contributed by atoms with E-state index < -0.39 is 5.97 Å². The second-order valence-electron chi connectivity index (χ2n) is 8.18. The topological polar surface area (TPSA) is 112 Å². The first-order chi connectivity index (χ1) is 16.8. The Morgan fingerprint density at radius 1 is 1.11 bits per heavy atom. The summed E-state index contributed by atoms with van der Waals surface area (Å²) in [6.07, 6.45) is 0. The van der Waals surface area contributed by atoms with Gasteiger partial charge in [0.15, 0.2) is 6.61 Å². The first kappa shape index (κ1) is 24.1. The van der Waals surface area contributed by atoms with Gasteiger partial charge in [0, 0.05) is 17.7 Å². The molecule has 2 aromatic heterocycles. The Hall–Kier alpha value is -4.05. The van der Waals surface area contributed by atoms with Gasteiger partial charge in [0.2, 0.25) is 4.96 Å². The van der Waals surface area contributed by atoms with E-state index in [2.05, 4.69) is 15.4 Å². The van der Waals surface area contributed by atoms with Gasteiger partial charge in [0.1, 0.15) is 17.4 Å². The number of hydrogen-bond donors (Lipinski definition) is 1. The summed E-state index contributed by atoms with van der Waals surface area (Å²) in [4.78, 5) is 41.7. The van der Waals surface area contributed by atoms with Crippen molar-refractivity contribution in [2.45, 2.75) is 33.3 Å². The molecule has 0 aliphatic rings. The lowest BCUT2D eigenvalue weighted by atomic mass is 10.2. The third-order valence-corrected chi connectivity index (χ3v) is 6.13. The van der Waals surface area contributed by atoms with Crippen molar-refractivity contribution in [3.63, 3.8) is 0 Å². The van der Waals surface area contributed by atoms with Gasteiger partial charge in [-0.3, -0.25) is 9.59 Å². The Labute approximate surface area is 205 Å². The molecule has 0 bridgehead atoms. The Bertz CT molecular complexity index is 1430. The lowest BCUT2D eigenvalue weighted by molar-refractivity contribution is -0.118. The number of fused-ring (bicyclic) bond motifs is 1. The standard InChI is InChI=1S/C25H24N4O5S/c1-15(2)23-28-29-22(31)12-19(27-25(29)35-23)13-34-24(32)17-7-9-18(10-8-17)26-21(30)14-33-20-6-4-5-16(3)11-20/h4-12,15H,13-14H2,1-3H3,(H,26,30). The number of benzene rings is 2. The summed E-state index contributed by atoms with van der Waals surface area (Å²) in [5, 5.41) is 7.79. The fourth-order valence-electron chi connectivity index (χ4n) is 3.14. The van der Waals surface area contributed by atoms with Crippen LogP contribution in [0.1, 0.15) is 46.4 Å². The Morgan fingerprint density at radius 2 is 1.89 bits per heavy atom. The Morgan fingerprint density at radius 3 is 2.60 bits per heavy atom. The molecule has 1 amide bonds. The maximum absolute atomic E-state index is 12.4. The maximum Gasteiger partial charge on any atom is 0.338 e. The highest BCUT2D eigenvalue weighted by molar-refractivity contribution is 7.16. The SMILES string of the molecule is Cc1cccc(OCC(=O)Nc2ccc(C(=O)OCc3cc(=O)n4nc(C(C)C)sc4n3)cc2)c1. The molecule has 0 saturated heterocycles. The minimum atomic E-state index is -0.570. The van der Waals surface area contributed by atoms with Crippen molar-refractivity contribution in [3.05, 3.63) is 86.8 Å². The number of aromatic nitrogens is 3. The largest absolute Gasteiger partial charge is 0.484 e. The Kier molecular flexibility index (Phi) is 7.21. The van der Waals surface area contributed by atoms with Crippen LogP contribution < -0.4 is 15.6 Å². The van der Waals surface area contributed by atoms with E-state index in [1.807, 2.05) is 39.0 Å².